The summed E-state index contributed by atoms with van der Waals surface area (Å²) in [5.41, 5.74) is -0.335. The van der Waals surface area contributed by atoms with Crippen LogP contribution in [0.3, 0.4) is 0 Å². The maximum Gasteiger partial charge on any atom is 0.247 e. The van der Waals surface area contributed by atoms with Gasteiger partial charge in [0.1, 0.15) is 0 Å². The Hall–Kier alpha value is -1.40. The van der Waals surface area contributed by atoms with Gasteiger partial charge in [0, 0.05) is 18.3 Å². The van der Waals surface area contributed by atoms with Crippen molar-refractivity contribution in [1.29, 1.82) is 0 Å². The molecule has 0 amide bonds. The largest absolute Gasteiger partial charge is 0.328 e. The van der Waals surface area contributed by atoms with Crippen molar-refractivity contribution in [3.8, 4) is 0 Å². The van der Waals surface area contributed by atoms with Gasteiger partial charge in [-0.1, -0.05) is 6.08 Å². The van der Waals surface area contributed by atoms with Crippen LogP contribution in [-0.2, 0) is 10.0 Å². The molecule has 0 aromatic carbocycles. The molecule has 0 spiro atoms. The predicted molar refractivity (Wildman–Crippen MR) is 61.7 cm³/mol. The molecule has 0 fully saturated rings. The first-order valence-corrected chi connectivity index (χ1v) is 6.26. The molecular formula is C10H14N2O3S. The van der Waals surface area contributed by atoms with E-state index in [9.17, 15) is 13.2 Å². The normalized spacial score (nSPS) is 13.3. The highest BCUT2D eigenvalue weighted by Crippen LogP contribution is 2.06. The standard InChI is InChI=1S/C10H14N2O3S/c1-3-4-8(2)12-16(14,15)9-5-6-10(13)11-7-9/h3,5-8,12H,1,4H2,2H3,(H,11,13). The Bertz CT molecular complexity index is 499. The molecule has 1 heterocycles. The third-order valence-electron chi connectivity index (χ3n) is 1.94. The molecule has 0 aliphatic heterocycles. The van der Waals surface area contributed by atoms with E-state index in [1.165, 1.54) is 18.3 Å². The minimum Gasteiger partial charge on any atom is -0.328 e. The second-order valence-electron chi connectivity index (χ2n) is 3.44. The Morgan fingerprint density at radius 3 is 2.75 bits per heavy atom. The smallest absolute Gasteiger partial charge is 0.247 e. The van der Waals surface area contributed by atoms with Crippen LogP contribution in [0.25, 0.3) is 0 Å². The molecule has 0 saturated carbocycles. The summed E-state index contributed by atoms with van der Waals surface area (Å²) >= 11 is 0. The van der Waals surface area contributed by atoms with Crippen molar-refractivity contribution < 1.29 is 8.42 Å². The molecule has 1 unspecified atom stereocenters. The third kappa shape index (κ3) is 3.32. The number of pyridine rings is 1. The molecule has 2 N–H and O–H groups in total. The van der Waals surface area contributed by atoms with Gasteiger partial charge in [-0.25, -0.2) is 13.1 Å². The molecule has 0 saturated heterocycles. The van der Waals surface area contributed by atoms with Crippen LogP contribution >= 0.6 is 0 Å². The number of H-pyrrole nitrogens is 1. The first-order valence-electron chi connectivity index (χ1n) is 4.77. The zero-order valence-corrected chi connectivity index (χ0v) is 9.75. The van der Waals surface area contributed by atoms with Gasteiger partial charge in [-0.05, 0) is 19.4 Å². The van der Waals surface area contributed by atoms with Crippen LogP contribution in [0.15, 0.2) is 40.7 Å². The van der Waals surface area contributed by atoms with Crippen LogP contribution in [0.2, 0.25) is 0 Å². The van der Waals surface area contributed by atoms with Crippen molar-refractivity contribution in [3.63, 3.8) is 0 Å². The lowest BCUT2D eigenvalue weighted by atomic mass is 10.3. The van der Waals surface area contributed by atoms with Crippen molar-refractivity contribution in [1.82, 2.24) is 9.71 Å². The van der Waals surface area contributed by atoms with Gasteiger partial charge in [0.05, 0.1) is 4.90 Å². The lowest BCUT2D eigenvalue weighted by Crippen LogP contribution is -2.32. The Balaban J connectivity index is 2.90. The lowest BCUT2D eigenvalue weighted by molar-refractivity contribution is 0.561. The van der Waals surface area contributed by atoms with Crippen LogP contribution in [0.1, 0.15) is 13.3 Å². The fourth-order valence-electron chi connectivity index (χ4n) is 1.19. The van der Waals surface area contributed by atoms with Crippen LogP contribution < -0.4 is 10.3 Å². The second-order valence-corrected chi connectivity index (χ2v) is 5.15. The maximum atomic E-state index is 11.8. The molecule has 0 aliphatic rings. The minimum absolute atomic E-state index is 0.0445. The van der Waals surface area contributed by atoms with Crippen molar-refractivity contribution in [2.75, 3.05) is 0 Å². The Morgan fingerprint density at radius 2 is 2.25 bits per heavy atom. The van der Waals surface area contributed by atoms with Crippen molar-refractivity contribution >= 4 is 10.0 Å². The molecule has 16 heavy (non-hydrogen) atoms. The number of aromatic amines is 1. The topological polar surface area (TPSA) is 79.0 Å². The predicted octanol–water partition coefficient (Wildman–Crippen LogP) is 0.618. The van der Waals surface area contributed by atoms with Crippen molar-refractivity contribution in [3.05, 3.63) is 41.3 Å². The van der Waals surface area contributed by atoms with E-state index < -0.39 is 10.0 Å². The summed E-state index contributed by atoms with van der Waals surface area (Å²) in [6, 6.07) is 2.21. The second kappa shape index (κ2) is 5.09. The van der Waals surface area contributed by atoms with Gasteiger partial charge in [-0.3, -0.25) is 4.79 Å². The number of rotatable bonds is 5. The SMILES string of the molecule is C=CCC(C)NS(=O)(=O)c1ccc(=O)[nH]c1. The summed E-state index contributed by atoms with van der Waals surface area (Å²) in [4.78, 5) is 13.2. The van der Waals surface area contributed by atoms with E-state index >= 15 is 0 Å². The van der Waals surface area contributed by atoms with Gasteiger partial charge in [-0.15, -0.1) is 6.58 Å². The highest BCUT2D eigenvalue weighted by molar-refractivity contribution is 7.89. The van der Waals surface area contributed by atoms with E-state index in [2.05, 4.69) is 16.3 Å². The molecule has 0 aliphatic carbocycles. The fraction of sp³-hybridized carbons (Fsp3) is 0.300. The third-order valence-corrected chi connectivity index (χ3v) is 3.53. The summed E-state index contributed by atoms with van der Waals surface area (Å²) in [5.74, 6) is 0. The highest BCUT2D eigenvalue weighted by atomic mass is 32.2. The van der Waals surface area contributed by atoms with E-state index in [4.69, 9.17) is 0 Å². The maximum absolute atomic E-state index is 11.8. The van der Waals surface area contributed by atoms with E-state index in [1.807, 2.05) is 0 Å². The average molecular weight is 242 g/mol. The van der Waals surface area contributed by atoms with Crippen LogP contribution in [0, 0.1) is 0 Å². The Kier molecular flexibility index (Phi) is 4.03. The Labute approximate surface area is 94.3 Å². The lowest BCUT2D eigenvalue weighted by Gasteiger charge is -2.11. The van der Waals surface area contributed by atoms with Gasteiger partial charge in [0.25, 0.3) is 0 Å². The van der Waals surface area contributed by atoms with E-state index in [1.54, 1.807) is 13.0 Å². The first kappa shape index (κ1) is 12.7. The minimum atomic E-state index is -3.57. The quantitative estimate of drug-likeness (QED) is 0.743. The monoisotopic (exact) mass is 242 g/mol. The number of sulfonamides is 1. The number of hydrogen-bond donors (Lipinski definition) is 2. The molecule has 1 atom stereocenters. The van der Waals surface area contributed by atoms with E-state index in [0.717, 1.165) is 0 Å². The summed E-state index contributed by atoms with van der Waals surface area (Å²) in [7, 11) is -3.57. The molecule has 1 rings (SSSR count). The molecule has 0 bridgehead atoms. The molecule has 6 heteroatoms. The molecular weight excluding hydrogens is 228 g/mol. The van der Waals surface area contributed by atoms with E-state index in [0.29, 0.717) is 6.42 Å². The highest BCUT2D eigenvalue weighted by Gasteiger charge is 2.16. The summed E-state index contributed by atoms with van der Waals surface area (Å²) in [5, 5.41) is 0. The zero-order valence-electron chi connectivity index (χ0n) is 8.93. The molecule has 0 radical (unpaired) electrons. The summed E-state index contributed by atoms with van der Waals surface area (Å²) < 4.78 is 26.0. The van der Waals surface area contributed by atoms with E-state index in [-0.39, 0.29) is 16.5 Å². The number of hydrogen-bond acceptors (Lipinski definition) is 3. The molecule has 1 aromatic heterocycles. The molecule has 88 valence electrons. The van der Waals surface area contributed by atoms with Crippen molar-refractivity contribution in [2.45, 2.75) is 24.3 Å². The van der Waals surface area contributed by atoms with Crippen LogP contribution in [0.4, 0.5) is 0 Å². The summed E-state index contributed by atoms with van der Waals surface area (Å²) in [6.45, 7) is 5.27. The number of aromatic nitrogens is 1. The first-order chi connectivity index (χ1) is 7.45. The Morgan fingerprint density at radius 1 is 1.56 bits per heavy atom. The average Bonchev–Trinajstić information content (AvgIpc) is 2.17. The van der Waals surface area contributed by atoms with Gasteiger partial charge < -0.3 is 4.98 Å². The van der Waals surface area contributed by atoms with Gasteiger partial charge >= 0.3 is 0 Å². The summed E-state index contributed by atoms with van der Waals surface area (Å²) in [6.07, 6.45) is 3.36. The number of nitrogens with one attached hydrogen (secondary N) is 2. The molecule has 5 nitrogen and oxygen atoms in total. The van der Waals surface area contributed by atoms with Gasteiger partial charge in [-0.2, -0.15) is 0 Å². The van der Waals surface area contributed by atoms with Crippen molar-refractivity contribution in [2.24, 2.45) is 0 Å². The van der Waals surface area contributed by atoms with Gasteiger partial charge in [0.2, 0.25) is 15.6 Å². The van der Waals surface area contributed by atoms with Crippen LogP contribution in [-0.4, -0.2) is 19.4 Å². The molecule has 1 aromatic rings. The zero-order chi connectivity index (χ0) is 12.2. The fourth-order valence-corrected chi connectivity index (χ4v) is 2.42. The van der Waals surface area contributed by atoms with Gasteiger partial charge in [0.15, 0.2) is 0 Å². The van der Waals surface area contributed by atoms with Crippen LogP contribution in [0.5, 0.6) is 0 Å².